The van der Waals surface area contributed by atoms with Gasteiger partial charge in [0.25, 0.3) is 0 Å². The molecule has 28 heavy (non-hydrogen) atoms. The summed E-state index contributed by atoms with van der Waals surface area (Å²) in [6, 6.07) is 0. The largest absolute Gasteiger partial charge is 0.375 e. The van der Waals surface area contributed by atoms with Crippen molar-refractivity contribution < 1.29 is 4.74 Å². The van der Waals surface area contributed by atoms with E-state index in [0.717, 1.165) is 6.42 Å². The van der Waals surface area contributed by atoms with E-state index in [1.165, 1.54) is 128 Å². The lowest BCUT2D eigenvalue weighted by Gasteiger charge is -2.22. The Morgan fingerprint density at radius 2 is 0.786 bits per heavy atom. The van der Waals surface area contributed by atoms with Gasteiger partial charge in [0.1, 0.15) is 0 Å². The maximum absolute atomic E-state index is 6.34. The van der Waals surface area contributed by atoms with Gasteiger partial charge in [-0.2, -0.15) is 0 Å². The highest BCUT2D eigenvalue weighted by Gasteiger charge is 2.12. The smallest absolute Gasteiger partial charge is 0.0578 e. The molecule has 0 saturated heterocycles. The van der Waals surface area contributed by atoms with Gasteiger partial charge >= 0.3 is 0 Å². The van der Waals surface area contributed by atoms with Gasteiger partial charge in [-0.05, 0) is 26.2 Å². The fraction of sp³-hybridized carbons (Fsp3) is 1.00. The van der Waals surface area contributed by atoms with Crippen LogP contribution in [0.4, 0.5) is 0 Å². The molecule has 1 heteroatoms. The van der Waals surface area contributed by atoms with Crippen molar-refractivity contribution in [2.24, 2.45) is 0 Å². The Kier molecular flexibility index (Phi) is 23.2. The third-order valence-corrected chi connectivity index (χ3v) is 6.26. The second kappa shape index (κ2) is 23.2. The molecule has 0 aliphatic heterocycles. The summed E-state index contributed by atoms with van der Waals surface area (Å²) in [5.41, 5.74) is 0. The number of hydrogen-bond donors (Lipinski definition) is 0. The summed E-state index contributed by atoms with van der Waals surface area (Å²) in [4.78, 5) is 0. The van der Waals surface area contributed by atoms with Crippen molar-refractivity contribution in [2.45, 2.75) is 175 Å². The van der Waals surface area contributed by atoms with Crippen molar-refractivity contribution in [3.05, 3.63) is 0 Å². The molecule has 1 nitrogen and oxygen atoms in total. The first-order valence-corrected chi connectivity index (χ1v) is 13.4. The predicted molar refractivity (Wildman–Crippen MR) is 128 cm³/mol. The minimum absolute atomic E-state index is 0.433. The summed E-state index contributed by atoms with van der Waals surface area (Å²) in [5.74, 6) is 0. The Balaban J connectivity index is 3.68. The summed E-state index contributed by atoms with van der Waals surface area (Å²) in [6.07, 6.45) is 30.2. The van der Waals surface area contributed by atoms with E-state index in [1.54, 1.807) is 0 Å². The second-order valence-electron chi connectivity index (χ2n) is 9.21. The Bertz CT molecular complexity index is 253. The van der Waals surface area contributed by atoms with E-state index in [-0.39, 0.29) is 0 Å². The molecule has 0 aromatic carbocycles. The number of unbranched alkanes of at least 4 members (excludes halogenated alkanes) is 16. The molecule has 0 aromatic rings. The lowest BCUT2D eigenvalue weighted by Crippen LogP contribution is -2.19. The SMILES string of the molecule is CCCCCCCCCCCC(CCCCCCCCCCC)OC(C)CC. The molecular formula is C27H56O. The standard InChI is InChI=1S/C27H56O/c1-5-8-10-12-14-16-18-20-22-24-27(28-26(4)7-3)25-23-21-19-17-15-13-11-9-6-2/h26-27H,5-25H2,1-4H3. The molecule has 1 unspecified atom stereocenters. The molecular weight excluding hydrogens is 340 g/mol. The van der Waals surface area contributed by atoms with E-state index in [1.807, 2.05) is 0 Å². The van der Waals surface area contributed by atoms with Gasteiger partial charge in [-0.1, -0.05) is 136 Å². The first-order chi connectivity index (χ1) is 13.7. The molecule has 0 N–H and O–H groups in total. The molecule has 1 atom stereocenters. The number of ether oxygens (including phenoxy) is 1. The van der Waals surface area contributed by atoms with E-state index in [0.29, 0.717) is 12.2 Å². The van der Waals surface area contributed by atoms with Gasteiger partial charge in [0.15, 0.2) is 0 Å². The maximum Gasteiger partial charge on any atom is 0.0578 e. The molecule has 0 rings (SSSR count). The summed E-state index contributed by atoms with van der Waals surface area (Å²) < 4.78 is 6.34. The van der Waals surface area contributed by atoms with Crippen LogP contribution in [0, 0.1) is 0 Å². The third kappa shape index (κ3) is 20.7. The molecule has 0 saturated carbocycles. The van der Waals surface area contributed by atoms with Crippen LogP contribution in [0.25, 0.3) is 0 Å². The van der Waals surface area contributed by atoms with Crippen molar-refractivity contribution in [2.75, 3.05) is 0 Å². The van der Waals surface area contributed by atoms with Crippen molar-refractivity contribution in [3.8, 4) is 0 Å². The first-order valence-electron chi connectivity index (χ1n) is 13.4. The molecule has 0 aliphatic carbocycles. The van der Waals surface area contributed by atoms with Gasteiger partial charge in [-0.15, -0.1) is 0 Å². The molecule has 0 aliphatic rings. The van der Waals surface area contributed by atoms with Crippen LogP contribution in [0.2, 0.25) is 0 Å². The Hall–Kier alpha value is -0.0400. The Labute approximate surface area is 179 Å². The normalized spacial score (nSPS) is 12.8. The van der Waals surface area contributed by atoms with E-state index in [4.69, 9.17) is 4.74 Å². The van der Waals surface area contributed by atoms with Crippen molar-refractivity contribution in [1.29, 1.82) is 0 Å². The van der Waals surface area contributed by atoms with Gasteiger partial charge in [-0.3, -0.25) is 0 Å². The summed E-state index contributed by atoms with van der Waals surface area (Å²) in [7, 11) is 0. The second-order valence-corrected chi connectivity index (χ2v) is 9.21. The number of hydrogen-bond acceptors (Lipinski definition) is 1. The zero-order valence-electron chi connectivity index (χ0n) is 20.4. The van der Waals surface area contributed by atoms with Crippen LogP contribution in [0.3, 0.4) is 0 Å². The molecule has 0 bridgehead atoms. The maximum atomic E-state index is 6.34. The lowest BCUT2D eigenvalue weighted by atomic mass is 10.0. The van der Waals surface area contributed by atoms with Crippen LogP contribution in [0.1, 0.15) is 163 Å². The van der Waals surface area contributed by atoms with Gasteiger partial charge in [0.2, 0.25) is 0 Å². The van der Waals surface area contributed by atoms with Crippen LogP contribution >= 0.6 is 0 Å². The minimum atomic E-state index is 0.433. The van der Waals surface area contributed by atoms with E-state index >= 15 is 0 Å². The van der Waals surface area contributed by atoms with Crippen LogP contribution in [-0.4, -0.2) is 12.2 Å². The molecule has 0 spiro atoms. The highest BCUT2D eigenvalue weighted by Crippen LogP contribution is 2.19. The molecule has 0 heterocycles. The summed E-state index contributed by atoms with van der Waals surface area (Å²) in [5, 5.41) is 0. The molecule has 170 valence electrons. The molecule has 0 amide bonds. The highest BCUT2D eigenvalue weighted by molar-refractivity contribution is 4.62. The van der Waals surface area contributed by atoms with Crippen molar-refractivity contribution >= 4 is 0 Å². The van der Waals surface area contributed by atoms with E-state index in [2.05, 4.69) is 27.7 Å². The van der Waals surface area contributed by atoms with Gasteiger partial charge < -0.3 is 4.74 Å². The quantitative estimate of drug-likeness (QED) is 0.156. The van der Waals surface area contributed by atoms with Gasteiger partial charge in [0.05, 0.1) is 12.2 Å². The fourth-order valence-electron chi connectivity index (χ4n) is 4.07. The topological polar surface area (TPSA) is 9.23 Å². The first kappa shape index (κ1) is 28.0. The average molecular weight is 397 g/mol. The van der Waals surface area contributed by atoms with Crippen LogP contribution in [0.5, 0.6) is 0 Å². The minimum Gasteiger partial charge on any atom is -0.375 e. The van der Waals surface area contributed by atoms with Crippen LogP contribution in [0.15, 0.2) is 0 Å². The average Bonchev–Trinajstić information content (AvgIpc) is 2.70. The number of rotatable bonds is 23. The summed E-state index contributed by atoms with van der Waals surface area (Å²) in [6.45, 7) is 9.09. The van der Waals surface area contributed by atoms with Crippen LogP contribution < -0.4 is 0 Å². The third-order valence-electron chi connectivity index (χ3n) is 6.26. The van der Waals surface area contributed by atoms with Crippen LogP contribution in [-0.2, 0) is 4.74 Å². The monoisotopic (exact) mass is 396 g/mol. The lowest BCUT2D eigenvalue weighted by molar-refractivity contribution is -0.0147. The highest BCUT2D eigenvalue weighted by atomic mass is 16.5. The molecule has 0 fully saturated rings. The fourth-order valence-corrected chi connectivity index (χ4v) is 4.07. The molecule has 0 aromatic heterocycles. The van der Waals surface area contributed by atoms with E-state index in [9.17, 15) is 0 Å². The van der Waals surface area contributed by atoms with Gasteiger partial charge in [0, 0.05) is 0 Å². The zero-order valence-corrected chi connectivity index (χ0v) is 20.4. The zero-order chi connectivity index (χ0) is 20.7. The van der Waals surface area contributed by atoms with Crippen molar-refractivity contribution in [1.82, 2.24) is 0 Å². The summed E-state index contributed by atoms with van der Waals surface area (Å²) >= 11 is 0. The Morgan fingerprint density at radius 3 is 1.11 bits per heavy atom. The Morgan fingerprint density at radius 1 is 0.464 bits per heavy atom. The molecule has 0 radical (unpaired) electrons. The van der Waals surface area contributed by atoms with Gasteiger partial charge in [-0.25, -0.2) is 0 Å². The van der Waals surface area contributed by atoms with Crippen molar-refractivity contribution in [3.63, 3.8) is 0 Å². The van der Waals surface area contributed by atoms with E-state index < -0.39 is 0 Å². The predicted octanol–water partition coefficient (Wildman–Crippen LogP) is 10.0.